The van der Waals surface area contributed by atoms with E-state index in [-0.39, 0.29) is 17.7 Å². The van der Waals surface area contributed by atoms with E-state index >= 15 is 0 Å². The van der Waals surface area contributed by atoms with Crippen LogP contribution >= 0.6 is 0 Å². The third-order valence-electron chi connectivity index (χ3n) is 6.35. The molecule has 2 fully saturated rings. The number of hydrogen-bond acceptors (Lipinski definition) is 6. The molecule has 1 N–H and O–H groups in total. The van der Waals surface area contributed by atoms with Crippen LogP contribution in [0.25, 0.3) is 11.0 Å². The Balaban J connectivity index is 1.10. The van der Waals surface area contributed by atoms with Gasteiger partial charge in [-0.1, -0.05) is 0 Å². The summed E-state index contributed by atoms with van der Waals surface area (Å²) in [5.74, 6) is 1.31. The first-order valence-electron chi connectivity index (χ1n) is 11.0. The standard InChI is InChI=1S/C23H26N6O3/c30-22-9-17(14-32-21-11-24-5-6-25-21)13-29(22)12-16-3-7-28(8-4-16)23(31)18-1-2-19-20(10-18)27-15-26-19/h1-2,5-6,10-11,15-17H,3-4,7-9,12-14H2,(H,26,27). The summed E-state index contributed by atoms with van der Waals surface area (Å²) < 4.78 is 5.68. The van der Waals surface area contributed by atoms with Gasteiger partial charge in [0.05, 0.1) is 30.2 Å². The van der Waals surface area contributed by atoms with E-state index in [0.29, 0.717) is 50.0 Å². The first-order valence-corrected chi connectivity index (χ1v) is 11.0. The van der Waals surface area contributed by atoms with Crippen LogP contribution in [0.3, 0.4) is 0 Å². The number of fused-ring (bicyclic) bond motifs is 1. The Labute approximate surface area is 185 Å². The number of carbonyl (C=O) groups is 2. The van der Waals surface area contributed by atoms with Crippen LogP contribution in [0.4, 0.5) is 0 Å². The highest BCUT2D eigenvalue weighted by molar-refractivity contribution is 5.97. The fourth-order valence-corrected chi connectivity index (χ4v) is 4.59. The van der Waals surface area contributed by atoms with Crippen LogP contribution in [0.2, 0.25) is 0 Å². The van der Waals surface area contributed by atoms with Gasteiger partial charge in [0.15, 0.2) is 0 Å². The maximum Gasteiger partial charge on any atom is 0.253 e. The first-order chi connectivity index (χ1) is 15.7. The van der Waals surface area contributed by atoms with Crippen molar-refractivity contribution in [1.82, 2.24) is 29.7 Å². The molecule has 0 aliphatic carbocycles. The Kier molecular flexibility index (Phi) is 5.70. The largest absolute Gasteiger partial charge is 0.476 e. The average Bonchev–Trinajstić information content (AvgIpc) is 3.44. The number of aromatic nitrogens is 4. The molecule has 9 heteroatoms. The van der Waals surface area contributed by atoms with Gasteiger partial charge in [0.2, 0.25) is 11.8 Å². The zero-order valence-electron chi connectivity index (χ0n) is 17.8. The first kappa shape index (κ1) is 20.4. The lowest BCUT2D eigenvalue weighted by atomic mass is 9.95. The third kappa shape index (κ3) is 4.42. The predicted octanol–water partition coefficient (Wildman–Crippen LogP) is 2.13. The molecule has 0 radical (unpaired) electrons. The number of carbonyl (C=O) groups excluding carboxylic acids is 2. The molecule has 3 aromatic rings. The summed E-state index contributed by atoms with van der Waals surface area (Å²) in [6.45, 7) is 3.36. The maximum atomic E-state index is 12.9. The zero-order valence-corrected chi connectivity index (χ0v) is 17.8. The van der Waals surface area contributed by atoms with Gasteiger partial charge in [-0.25, -0.2) is 9.97 Å². The van der Waals surface area contributed by atoms with Crippen molar-refractivity contribution in [3.05, 3.63) is 48.7 Å². The highest BCUT2D eigenvalue weighted by Gasteiger charge is 2.33. The lowest BCUT2D eigenvalue weighted by Crippen LogP contribution is -2.42. The molecule has 0 spiro atoms. The molecule has 166 valence electrons. The molecule has 1 unspecified atom stereocenters. The Bertz CT molecular complexity index is 1090. The number of rotatable bonds is 6. The van der Waals surface area contributed by atoms with E-state index in [9.17, 15) is 9.59 Å². The van der Waals surface area contributed by atoms with E-state index in [2.05, 4.69) is 19.9 Å². The fourth-order valence-electron chi connectivity index (χ4n) is 4.59. The number of H-pyrrole nitrogens is 1. The molecular formula is C23H26N6O3. The highest BCUT2D eigenvalue weighted by atomic mass is 16.5. The van der Waals surface area contributed by atoms with Gasteiger partial charge in [0.1, 0.15) is 0 Å². The number of benzene rings is 1. The summed E-state index contributed by atoms with van der Waals surface area (Å²) in [4.78, 5) is 44.6. The van der Waals surface area contributed by atoms with Crippen molar-refractivity contribution in [2.75, 3.05) is 32.8 Å². The molecule has 2 aliphatic rings. The molecule has 32 heavy (non-hydrogen) atoms. The molecule has 0 saturated carbocycles. The topological polar surface area (TPSA) is 104 Å². The lowest BCUT2D eigenvalue weighted by Gasteiger charge is -2.34. The molecule has 2 aliphatic heterocycles. The molecular weight excluding hydrogens is 408 g/mol. The second-order valence-electron chi connectivity index (χ2n) is 8.59. The van der Waals surface area contributed by atoms with Crippen LogP contribution in [0.1, 0.15) is 29.6 Å². The monoisotopic (exact) mass is 434 g/mol. The second-order valence-corrected chi connectivity index (χ2v) is 8.59. The predicted molar refractivity (Wildman–Crippen MR) is 117 cm³/mol. The van der Waals surface area contributed by atoms with Crippen molar-refractivity contribution in [2.24, 2.45) is 11.8 Å². The molecule has 1 atom stereocenters. The minimum Gasteiger partial charge on any atom is -0.476 e. The molecule has 4 heterocycles. The molecule has 1 aromatic carbocycles. The number of ether oxygens (including phenoxy) is 1. The van der Waals surface area contributed by atoms with Crippen LogP contribution < -0.4 is 4.74 Å². The van der Waals surface area contributed by atoms with Gasteiger partial charge in [0.25, 0.3) is 5.91 Å². The zero-order chi connectivity index (χ0) is 21.9. The molecule has 9 nitrogen and oxygen atoms in total. The minimum atomic E-state index is 0.0541. The van der Waals surface area contributed by atoms with Gasteiger partial charge >= 0.3 is 0 Å². The van der Waals surface area contributed by atoms with Crippen molar-refractivity contribution in [2.45, 2.75) is 19.3 Å². The van der Waals surface area contributed by atoms with Gasteiger partial charge in [-0.15, -0.1) is 0 Å². The fraction of sp³-hybridized carbons (Fsp3) is 0.435. The second kappa shape index (κ2) is 8.94. The Morgan fingerprint density at radius 1 is 1.16 bits per heavy atom. The molecule has 2 aromatic heterocycles. The quantitative estimate of drug-likeness (QED) is 0.637. The number of nitrogens with one attached hydrogen (secondary N) is 1. The lowest BCUT2D eigenvalue weighted by molar-refractivity contribution is -0.128. The average molecular weight is 435 g/mol. The number of imidazole rings is 1. The van der Waals surface area contributed by atoms with Crippen LogP contribution in [0.15, 0.2) is 43.1 Å². The van der Waals surface area contributed by atoms with Gasteiger partial charge in [-0.3, -0.25) is 14.6 Å². The van der Waals surface area contributed by atoms with Crippen molar-refractivity contribution < 1.29 is 14.3 Å². The number of hydrogen-bond donors (Lipinski definition) is 1. The smallest absolute Gasteiger partial charge is 0.253 e. The third-order valence-corrected chi connectivity index (χ3v) is 6.35. The number of amides is 2. The summed E-state index contributed by atoms with van der Waals surface area (Å²) in [6.07, 6.45) is 8.73. The highest BCUT2D eigenvalue weighted by Crippen LogP contribution is 2.25. The van der Waals surface area contributed by atoms with E-state index in [0.717, 1.165) is 30.4 Å². The van der Waals surface area contributed by atoms with Gasteiger partial charge < -0.3 is 19.5 Å². The number of aromatic amines is 1. The van der Waals surface area contributed by atoms with E-state index in [4.69, 9.17) is 4.74 Å². The molecule has 0 bridgehead atoms. The van der Waals surface area contributed by atoms with Crippen LogP contribution in [-0.4, -0.2) is 74.3 Å². The summed E-state index contributed by atoms with van der Waals surface area (Å²) in [5, 5.41) is 0. The maximum absolute atomic E-state index is 12.9. The summed E-state index contributed by atoms with van der Waals surface area (Å²) in [7, 11) is 0. The van der Waals surface area contributed by atoms with Crippen LogP contribution in [0, 0.1) is 11.8 Å². The number of likely N-dealkylation sites (tertiary alicyclic amines) is 2. The van der Waals surface area contributed by atoms with Crippen molar-refractivity contribution >= 4 is 22.8 Å². The number of nitrogens with zero attached hydrogens (tertiary/aromatic N) is 5. The van der Waals surface area contributed by atoms with E-state index in [1.54, 1.807) is 24.9 Å². The Morgan fingerprint density at radius 2 is 2.03 bits per heavy atom. The summed E-state index contributed by atoms with van der Waals surface area (Å²) >= 11 is 0. The number of piperidine rings is 1. The SMILES string of the molecule is O=C1CC(COc2cnccn2)CN1CC1CCN(C(=O)c2ccc3nc[nH]c3c2)CC1. The van der Waals surface area contributed by atoms with E-state index in [1.807, 2.05) is 28.0 Å². The van der Waals surface area contributed by atoms with E-state index < -0.39 is 0 Å². The Hall–Kier alpha value is -3.49. The van der Waals surface area contributed by atoms with Crippen molar-refractivity contribution in [3.8, 4) is 5.88 Å². The van der Waals surface area contributed by atoms with Crippen molar-refractivity contribution in [3.63, 3.8) is 0 Å². The van der Waals surface area contributed by atoms with Gasteiger partial charge in [-0.05, 0) is 37.0 Å². The van der Waals surface area contributed by atoms with Gasteiger partial charge in [0, 0.05) is 56.5 Å². The van der Waals surface area contributed by atoms with Crippen molar-refractivity contribution in [1.29, 1.82) is 0 Å². The summed E-state index contributed by atoms with van der Waals surface area (Å²) in [5.41, 5.74) is 2.41. The summed E-state index contributed by atoms with van der Waals surface area (Å²) in [6, 6.07) is 5.57. The van der Waals surface area contributed by atoms with E-state index in [1.165, 1.54) is 0 Å². The minimum absolute atomic E-state index is 0.0541. The normalized spacial score (nSPS) is 19.6. The molecule has 5 rings (SSSR count). The van der Waals surface area contributed by atoms with Crippen LogP contribution in [-0.2, 0) is 4.79 Å². The Morgan fingerprint density at radius 3 is 2.84 bits per heavy atom. The van der Waals surface area contributed by atoms with Crippen LogP contribution in [0.5, 0.6) is 5.88 Å². The molecule has 2 amide bonds. The molecule has 2 saturated heterocycles. The van der Waals surface area contributed by atoms with Gasteiger partial charge in [-0.2, -0.15) is 0 Å².